The Kier molecular flexibility index (Phi) is 6.74. The Morgan fingerprint density at radius 1 is 0.311 bits per heavy atom. The number of nitrogens with zero attached hydrogens (tertiary/aromatic N) is 4. The van der Waals surface area contributed by atoms with Crippen LogP contribution in [-0.4, -0.2) is 19.9 Å². The van der Waals surface area contributed by atoms with Gasteiger partial charge in [-0.1, -0.05) is 103 Å². The lowest BCUT2D eigenvalue weighted by atomic mass is 10.00. The zero-order valence-corrected chi connectivity index (χ0v) is 24.2. The highest BCUT2D eigenvalue weighted by Gasteiger charge is 2.13. The van der Waals surface area contributed by atoms with Crippen LogP contribution in [0, 0.1) is 0 Å². The lowest BCUT2D eigenvalue weighted by molar-refractivity contribution is 0.483. The third kappa shape index (κ3) is 5.28. The van der Waals surface area contributed by atoms with E-state index in [-0.39, 0.29) is 0 Å². The minimum Gasteiger partial charge on any atom is -0.457 e. The van der Waals surface area contributed by atoms with Gasteiger partial charge in [-0.05, 0) is 60.0 Å². The molecular weight excluding hydrogens is 552 g/mol. The summed E-state index contributed by atoms with van der Waals surface area (Å²) < 4.78 is 6.23. The Bertz CT molecular complexity index is 2210. The van der Waals surface area contributed by atoms with Gasteiger partial charge in [-0.15, -0.1) is 0 Å². The van der Waals surface area contributed by atoms with Crippen LogP contribution in [0.25, 0.3) is 67.1 Å². The smallest absolute Gasteiger partial charge is 0.164 e. The minimum atomic E-state index is 0.605. The van der Waals surface area contributed by atoms with Gasteiger partial charge in [-0.2, -0.15) is 0 Å². The Morgan fingerprint density at radius 3 is 1.29 bits per heavy atom. The van der Waals surface area contributed by atoms with E-state index in [0.717, 1.165) is 55.7 Å². The summed E-state index contributed by atoms with van der Waals surface area (Å²) in [5.41, 5.74) is 5.74. The highest BCUT2D eigenvalue weighted by atomic mass is 16.5. The maximum Gasteiger partial charge on any atom is 0.164 e. The van der Waals surface area contributed by atoms with Crippen molar-refractivity contribution in [3.63, 3.8) is 0 Å². The van der Waals surface area contributed by atoms with E-state index in [9.17, 15) is 0 Å². The van der Waals surface area contributed by atoms with Crippen LogP contribution in [0.2, 0.25) is 0 Å². The highest BCUT2D eigenvalue weighted by molar-refractivity contribution is 6.10. The fourth-order valence-electron chi connectivity index (χ4n) is 5.55. The minimum absolute atomic E-state index is 0.605. The van der Waals surface area contributed by atoms with Crippen LogP contribution >= 0.6 is 0 Å². The molecular formula is C40H26N4O. The van der Waals surface area contributed by atoms with Crippen LogP contribution in [0.4, 0.5) is 0 Å². The van der Waals surface area contributed by atoms with Crippen molar-refractivity contribution in [3.8, 4) is 56.9 Å². The third-order valence-electron chi connectivity index (χ3n) is 7.78. The summed E-state index contributed by atoms with van der Waals surface area (Å²) in [6.07, 6.45) is 0. The van der Waals surface area contributed by atoms with Crippen molar-refractivity contribution in [2.24, 2.45) is 0 Å². The van der Waals surface area contributed by atoms with Gasteiger partial charge < -0.3 is 4.74 Å². The van der Waals surface area contributed by atoms with Crippen LogP contribution in [0.5, 0.6) is 11.5 Å². The number of fused-ring (bicyclic) bond motifs is 3. The average Bonchev–Trinajstić information content (AvgIpc) is 3.12. The number of ether oxygens (including phenoxy) is 1. The highest BCUT2D eigenvalue weighted by Crippen LogP contribution is 2.34. The fourth-order valence-corrected chi connectivity index (χ4v) is 5.55. The Morgan fingerprint density at radius 2 is 0.733 bits per heavy atom. The van der Waals surface area contributed by atoms with Gasteiger partial charge in [-0.25, -0.2) is 19.9 Å². The molecule has 0 spiro atoms. The molecule has 2 aromatic heterocycles. The predicted molar refractivity (Wildman–Crippen MR) is 181 cm³/mol. The molecule has 0 bridgehead atoms. The van der Waals surface area contributed by atoms with Gasteiger partial charge >= 0.3 is 0 Å². The van der Waals surface area contributed by atoms with Crippen molar-refractivity contribution in [1.29, 1.82) is 0 Å². The van der Waals surface area contributed by atoms with E-state index in [4.69, 9.17) is 24.7 Å². The number of hydrogen-bond acceptors (Lipinski definition) is 5. The molecule has 2 heterocycles. The summed E-state index contributed by atoms with van der Waals surface area (Å²) in [6.45, 7) is 0. The average molecular weight is 579 g/mol. The lowest BCUT2D eigenvalue weighted by Gasteiger charge is -2.11. The zero-order chi connectivity index (χ0) is 30.0. The van der Waals surface area contributed by atoms with E-state index < -0.39 is 0 Å². The number of hydrogen-bond donors (Lipinski definition) is 0. The molecule has 0 aliphatic rings. The molecule has 6 aromatic carbocycles. The molecule has 0 radical (unpaired) electrons. The van der Waals surface area contributed by atoms with Gasteiger partial charge in [0.2, 0.25) is 0 Å². The largest absolute Gasteiger partial charge is 0.457 e. The Balaban J connectivity index is 1.08. The number of benzene rings is 6. The SMILES string of the molecule is c1ccc(-c2nc(-c3ccccc3)nc(-c3ccc(Oc4ccc(-c5nc6ccccc6c6ccccc56)cc4)cc3)n2)cc1. The summed E-state index contributed by atoms with van der Waals surface area (Å²) in [4.78, 5) is 19.4. The Labute approximate surface area is 260 Å². The summed E-state index contributed by atoms with van der Waals surface area (Å²) in [5.74, 6) is 3.34. The lowest BCUT2D eigenvalue weighted by Crippen LogP contribution is -2.00. The second-order valence-corrected chi connectivity index (χ2v) is 10.7. The summed E-state index contributed by atoms with van der Waals surface area (Å²) >= 11 is 0. The Hall–Kier alpha value is -6.20. The van der Waals surface area contributed by atoms with Gasteiger partial charge in [0.15, 0.2) is 17.5 Å². The monoisotopic (exact) mass is 578 g/mol. The van der Waals surface area contributed by atoms with Crippen molar-refractivity contribution >= 4 is 21.7 Å². The molecule has 0 N–H and O–H groups in total. The first-order valence-electron chi connectivity index (χ1n) is 14.8. The first-order chi connectivity index (χ1) is 22.3. The molecule has 0 fully saturated rings. The van der Waals surface area contributed by atoms with E-state index in [0.29, 0.717) is 17.5 Å². The first kappa shape index (κ1) is 26.4. The molecule has 0 saturated heterocycles. The zero-order valence-electron chi connectivity index (χ0n) is 24.2. The molecule has 0 unspecified atom stereocenters. The van der Waals surface area contributed by atoms with Gasteiger partial charge in [0.1, 0.15) is 11.5 Å². The summed E-state index contributed by atoms with van der Waals surface area (Å²) in [5, 5.41) is 3.48. The van der Waals surface area contributed by atoms with Crippen molar-refractivity contribution < 1.29 is 4.74 Å². The number of para-hydroxylation sites is 1. The molecule has 0 aliphatic heterocycles. The summed E-state index contributed by atoms with van der Waals surface area (Å²) in [6, 6.07) is 52.6. The van der Waals surface area contributed by atoms with E-state index in [1.54, 1.807) is 0 Å². The van der Waals surface area contributed by atoms with Gasteiger partial charge in [0.05, 0.1) is 11.2 Å². The van der Waals surface area contributed by atoms with Crippen LogP contribution in [-0.2, 0) is 0 Å². The molecule has 45 heavy (non-hydrogen) atoms. The third-order valence-corrected chi connectivity index (χ3v) is 7.78. The van der Waals surface area contributed by atoms with Crippen LogP contribution in [0.1, 0.15) is 0 Å². The van der Waals surface area contributed by atoms with Crippen molar-refractivity contribution in [3.05, 3.63) is 158 Å². The van der Waals surface area contributed by atoms with E-state index >= 15 is 0 Å². The van der Waals surface area contributed by atoms with E-state index in [1.165, 1.54) is 5.39 Å². The molecule has 0 atom stereocenters. The standard InChI is InChI=1S/C40H26N4O/c1-3-11-28(12-4-1)38-42-39(29-13-5-2-6-14-29)44-40(43-38)30-21-25-32(26-22-30)45-31-23-19-27(20-24-31)37-35-17-8-7-15-33(35)34-16-9-10-18-36(34)41-37/h1-26H. The van der Waals surface area contributed by atoms with Crippen molar-refractivity contribution in [1.82, 2.24) is 19.9 Å². The number of rotatable bonds is 6. The fraction of sp³-hybridized carbons (Fsp3) is 0. The summed E-state index contributed by atoms with van der Waals surface area (Å²) in [7, 11) is 0. The molecule has 0 amide bonds. The molecule has 8 rings (SSSR count). The topological polar surface area (TPSA) is 60.8 Å². The first-order valence-corrected chi connectivity index (χ1v) is 14.8. The normalized spacial score (nSPS) is 11.1. The number of aromatic nitrogens is 4. The molecule has 0 aliphatic carbocycles. The molecule has 8 aromatic rings. The van der Waals surface area contributed by atoms with Crippen LogP contribution in [0.3, 0.4) is 0 Å². The van der Waals surface area contributed by atoms with Crippen LogP contribution in [0.15, 0.2) is 158 Å². The van der Waals surface area contributed by atoms with Crippen LogP contribution < -0.4 is 4.74 Å². The second-order valence-electron chi connectivity index (χ2n) is 10.7. The maximum absolute atomic E-state index is 6.23. The van der Waals surface area contributed by atoms with E-state index in [1.807, 2.05) is 103 Å². The molecule has 5 nitrogen and oxygen atoms in total. The molecule has 5 heteroatoms. The predicted octanol–water partition coefficient (Wildman–Crippen LogP) is 10.0. The van der Waals surface area contributed by atoms with Crippen molar-refractivity contribution in [2.45, 2.75) is 0 Å². The molecule has 212 valence electrons. The maximum atomic E-state index is 6.23. The molecule has 0 saturated carbocycles. The quantitative estimate of drug-likeness (QED) is 0.184. The van der Waals surface area contributed by atoms with Gasteiger partial charge in [0, 0.05) is 33.0 Å². The number of pyridine rings is 1. The second kappa shape index (κ2) is 11.5. The van der Waals surface area contributed by atoms with Crippen molar-refractivity contribution in [2.75, 3.05) is 0 Å². The van der Waals surface area contributed by atoms with E-state index in [2.05, 4.69) is 54.6 Å². The van der Waals surface area contributed by atoms with Gasteiger partial charge in [-0.3, -0.25) is 0 Å². The van der Waals surface area contributed by atoms with Gasteiger partial charge in [0.25, 0.3) is 0 Å².